The van der Waals surface area contributed by atoms with E-state index in [2.05, 4.69) is 0 Å². The van der Waals surface area contributed by atoms with Gasteiger partial charge < -0.3 is 5.11 Å². The zero-order valence-electron chi connectivity index (χ0n) is 9.21. The molecule has 2 aromatic carbocycles. The highest BCUT2D eigenvalue weighted by molar-refractivity contribution is 7.99. The molecule has 3 heteroatoms. The van der Waals surface area contributed by atoms with E-state index in [1.165, 1.54) is 17.8 Å². The highest BCUT2D eigenvalue weighted by Crippen LogP contribution is 2.25. The summed E-state index contributed by atoms with van der Waals surface area (Å²) in [7, 11) is 0. The SMILES string of the molecule is OC(CSc1ccccc1)c1ccccc1F. The van der Waals surface area contributed by atoms with Crippen LogP contribution in [0.1, 0.15) is 11.7 Å². The molecule has 0 aliphatic heterocycles. The van der Waals surface area contributed by atoms with Crippen LogP contribution in [0, 0.1) is 5.82 Å². The van der Waals surface area contributed by atoms with Gasteiger partial charge in [0.25, 0.3) is 0 Å². The molecule has 0 amide bonds. The summed E-state index contributed by atoms with van der Waals surface area (Å²) >= 11 is 1.52. The minimum Gasteiger partial charge on any atom is -0.387 e. The maximum atomic E-state index is 13.4. The fraction of sp³-hybridized carbons (Fsp3) is 0.143. The van der Waals surface area contributed by atoms with Gasteiger partial charge in [0, 0.05) is 16.2 Å². The molecule has 2 aromatic rings. The Morgan fingerprint density at radius 2 is 1.65 bits per heavy atom. The lowest BCUT2D eigenvalue weighted by Gasteiger charge is -2.11. The summed E-state index contributed by atoms with van der Waals surface area (Å²) in [5, 5.41) is 9.90. The van der Waals surface area contributed by atoms with Crippen molar-refractivity contribution in [3.8, 4) is 0 Å². The van der Waals surface area contributed by atoms with Gasteiger partial charge in [-0.1, -0.05) is 36.4 Å². The highest BCUT2D eigenvalue weighted by atomic mass is 32.2. The lowest BCUT2D eigenvalue weighted by Crippen LogP contribution is -2.03. The van der Waals surface area contributed by atoms with E-state index in [0.29, 0.717) is 11.3 Å². The van der Waals surface area contributed by atoms with Gasteiger partial charge in [0.2, 0.25) is 0 Å². The number of benzene rings is 2. The summed E-state index contributed by atoms with van der Waals surface area (Å²) < 4.78 is 13.4. The van der Waals surface area contributed by atoms with Gasteiger partial charge >= 0.3 is 0 Å². The lowest BCUT2D eigenvalue weighted by molar-refractivity contribution is 0.199. The molecule has 0 fully saturated rings. The third-order valence-corrected chi connectivity index (χ3v) is 3.50. The van der Waals surface area contributed by atoms with Crippen LogP contribution >= 0.6 is 11.8 Å². The van der Waals surface area contributed by atoms with Crippen LogP contribution in [-0.4, -0.2) is 10.9 Å². The lowest BCUT2D eigenvalue weighted by atomic mass is 10.1. The summed E-state index contributed by atoms with van der Waals surface area (Å²) in [6, 6.07) is 16.1. The molecule has 2 rings (SSSR count). The van der Waals surface area contributed by atoms with Crippen LogP contribution in [0.3, 0.4) is 0 Å². The summed E-state index contributed by atoms with van der Waals surface area (Å²) in [5.74, 6) is 0.0963. The molecule has 0 saturated carbocycles. The van der Waals surface area contributed by atoms with E-state index < -0.39 is 6.10 Å². The maximum absolute atomic E-state index is 13.4. The van der Waals surface area contributed by atoms with E-state index in [4.69, 9.17) is 0 Å². The summed E-state index contributed by atoms with van der Waals surface area (Å²) in [5.41, 5.74) is 0.357. The molecular weight excluding hydrogens is 235 g/mol. The molecule has 1 nitrogen and oxygen atoms in total. The third-order valence-electron chi connectivity index (χ3n) is 2.42. The van der Waals surface area contributed by atoms with Gasteiger partial charge in [0.1, 0.15) is 5.82 Å². The molecule has 0 spiro atoms. The molecule has 0 saturated heterocycles. The first-order chi connectivity index (χ1) is 8.27. The van der Waals surface area contributed by atoms with Gasteiger partial charge in [-0.2, -0.15) is 0 Å². The van der Waals surface area contributed by atoms with Crippen molar-refractivity contribution in [1.29, 1.82) is 0 Å². The van der Waals surface area contributed by atoms with Crippen LogP contribution in [0.4, 0.5) is 4.39 Å². The number of thioether (sulfide) groups is 1. The zero-order valence-corrected chi connectivity index (χ0v) is 10.0. The van der Waals surface area contributed by atoms with Crippen LogP contribution in [0.25, 0.3) is 0 Å². The number of rotatable bonds is 4. The van der Waals surface area contributed by atoms with Crippen molar-refractivity contribution in [2.75, 3.05) is 5.75 Å². The summed E-state index contributed by atoms with van der Waals surface area (Å²) in [6.07, 6.45) is -0.776. The van der Waals surface area contributed by atoms with E-state index in [1.54, 1.807) is 18.2 Å². The standard InChI is InChI=1S/C14H13FOS/c15-13-9-5-4-8-12(13)14(16)10-17-11-6-2-1-3-7-11/h1-9,14,16H,10H2. The van der Waals surface area contributed by atoms with Crippen LogP contribution in [0.2, 0.25) is 0 Å². The fourth-order valence-electron chi connectivity index (χ4n) is 1.53. The molecule has 0 heterocycles. The average Bonchev–Trinajstić information content (AvgIpc) is 2.38. The second-order valence-corrected chi connectivity index (χ2v) is 4.75. The van der Waals surface area contributed by atoms with Crippen molar-refractivity contribution < 1.29 is 9.50 Å². The number of halogens is 1. The summed E-state index contributed by atoms with van der Waals surface area (Å²) in [6.45, 7) is 0. The average molecular weight is 248 g/mol. The van der Waals surface area contributed by atoms with Gasteiger partial charge in [-0.15, -0.1) is 11.8 Å². The molecule has 88 valence electrons. The molecule has 0 radical (unpaired) electrons. The minimum atomic E-state index is -0.776. The minimum absolute atomic E-state index is 0.353. The predicted octanol–water partition coefficient (Wildman–Crippen LogP) is 3.65. The Labute approximate surface area is 104 Å². The molecule has 0 aliphatic rings. The first kappa shape index (κ1) is 12.1. The van der Waals surface area contributed by atoms with Crippen LogP contribution < -0.4 is 0 Å². The van der Waals surface area contributed by atoms with Crippen molar-refractivity contribution in [1.82, 2.24) is 0 Å². The number of aliphatic hydroxyl groups excluding tert-OH is 1. The molecular formula is C14H13FOS. The van der Waals surface area contributed by atoms with E-state index in [-0.39, 0.29) is 5.82 Å². The van der Waals surface area contributed by atoms with Crippen molar-refractivity contribution in [3.05, 3.63) is 66.0 Å². The molecule has 1 unspecified atom stereocenters. The van der Waals surface area contributed by atoms with Gasteiger partial charge in [-0.3, -0.25) is 0 Å². The topological polar surface area (TPSA) is 20.2 Å². The molecule has 1 N–H and O–H groups in total. The fourth-order valence-corrected chi connectivity index (χ4v) is 2.41. The summed E-state index contributed by atoms with van der Waals surface area (Å²) in [4.78, 5) is 1.07. The van der Waals surface area contributed by atoms with Crippen molar-refractivity contribution in [2.24, 2.45) is 0 Å². The van der Waals surface area contributed by atoms with Gasteiger partial charge in [-0.05, 0) is 18.2 Å². The first-order valence-corrected chi connectivity index (χ1v) is 6.36. The Kier molecular flexibility index (Phi) is 4.18. The largest absolute Gasteiger partial charge is 0.387 e. The second-order valence-electron chi connectivity index (χ2n) is 3.66. The Morgan fingerprint density at radius 3 is 2.35 bits per heavy atom. The van der Waals surface area contributed by atoms with Crippen molar-refractivity contribution in [3.63, 3.8) is 0 Å². The van der Waals surface area contributed by atoms with Crippen LogP contribution in [0.15, 0.2) is 59.5 Å². The Balaban J connectivity index is 1.99. The maximum Gasteiger partial charge on any atom is 0.129 e. The van der Waals surface area contributed by atoms with Crippen molar-refractivity contribution in [2.45, 2.75) is 11.0 Å². The Morgan fingerprint density at radius 1 is 1.00 bits per heavy atom. The quantitative estimate of drug-likeness (QED) is 0.833. The molecule has 17 heavy (non-hydrogen) atoms. The van der Waals surface area contributed by atoms with Crippen LogP contribution in [-0.2, 0) is 0 Å². The predicted molar refractivity (Wildman–Crippen MR) is 68.5 cm³/mol. The zero-order chi connectivity index (χ0) is 12.1. The number of aliphatic hydroxyl groups is 1. The molecule has 0 bridgehead atoms. The van der Waals surface area contributed by atoms with E-state index in [1.807, 2.05) is 30.3 Å². The Hall–Kier alpha value is -1.32. The van der Waals surface area contributed by atoms with Crippen molar-refractivity contribution >= 4 is 11.8 Å². The van der Waals surface area contributed by atoms with Crippen LogP contribution in [0.5, 0.6) is 0 Å². The number of hydrogen-bond donors (Lipinski definition) is 1. The second kappa shape index (κ2) is 5.84. The van der Waals surface area contributed by atoms with Gasteiger partial charge in [-0.25, -0.2) is 4.39 Å². The molecule has 1 atom stereocenters. The molecule has 0 aromatic heterocycles. The van der Waals surface area contributed by atoms with Gasteiger partial charge in [0.15, 0.2) is 0 Å². The van der Waals surface area contributed by atoms with E-state index >= 15 is 0 Å². The third kappa shape index (κ3) is 3.32. The number of hydrogen-bond acceptors (Lipinski definition) is 2. The smallest absolute Gasteiger partial charge is 0.129 e. The van der Waals surface area contributed by atoms with Gasteiger partial charge in [0.05, 0.1) is 6.10 Å². The Bertz CT molecular complexity index is 473. The molecule has 0 aliphatic carbocycles. The first-order valence-electron chi connectivity index (χ1n) is 5.37. The monoisotopic (exact) mass is 248 g/mol. The normalized spacial score (nSPS) is 12.4. The van der Waals surface area contributed by atoms with E-state index in [9.17, 15) is 9.50 Å². The van der Waals surface area contributed by atoms with E-state index in [0.717, 1.165) is 4.90 Å². The highest BCUT2D eigenvalue weighted by Gasteiger charge is 2.12.